The van der Waals surface area contributed by atoms with Crippen LogP contribution in [0.15, 0.2) is 205 Å². The highest BCUT2D eigenvalue weighted by atomic mass is 16.3. The molecule has 3 heteroatoms. The van der Waals surface area contributed by atoms with Crippen molar-refractivity contribution in [3.8, 4) is 67.3 Å². The van der Waals surface area contributed by atoms with E-state index in [1.807, 2.05) is 30.3 Å². The summed E-state index contributed by atoms with van der Waals surface area (Å²) in [6.45, 7) is 2.36. The Morgan fingerprint density at radius 2 is 1.00 bits per heavy atom. The lowest BCUT2D eigenvalue weighted by molar-refractivity contribution is 0.670. The number of hydrogen-bond donors (Lipinski definition) is 0. The van der Waals surface area contributed by atoms with E-state index in [-0.39, 0.29) is 5.41 Å². The van der Waals surface area contributed by atoms with E-state index in [1.165, 1.54) is 27.8 Å². The van der Waals surface area contributed by atoms with Gasteiger partial charge in [0, 0.05) is 38.4 Å². The van der Waals surface area contributed by atoms with E-state index in [2.05, 4.69) is 177 Å². The predicted octanol–water partition coefficient (Wildman–Crippen LogP) is 14.0. The molecular formula is C54H36N2O. The lowest BCUT2D eigenvalue weighted by Crippen LogP contribution is -2.22. The lowest BCUT2D eigenvalue weighted by atomic mass is 9.74. The van der Waals surface area contributed by atoms with Crippen LogP contribution in [0.3, 0.4) is 0 Å². The molecule has 0 N–H and O–H groups in total. The van der Waals surface area contributed by atoms with Gasteiger partial charge in [0.1, 0.15) is 11.2 Å². The summed E-state index contributed by atoms with van der Waals surface area (Å²) in [5.41, 5.74) is 17.2. The van der Waals surface area contributed by atoms with E-state index in [9.17, 15) is 0 Å². The van der Waals surface area contributed by atoms with Crippen LogP contribution in [0.5, 0.6) is 0 Å². The number of aromatic nitrogens is 2. The third-order valence-electron chi connectivity index (χ3n) is 11.8. The largest absolute Gasteiger partial charge is 0.455 e. The zero-order chi connectivity index (χ0) is 37.9. The highest BCUT2D eigenvalue weighted by molar-refractivity contribution is 6.09. The first-order valence-electron chi connectivity index (χ1n) is 19.5. The molecular weight excluding hydrogens is 693 g/mol. The van der Waals surface area contributed by atoms with Crippen molar-refractivity contribution in [2.24, 2.45) is 0 Å². The zero-order valence-electron chi connectivity index (χ0n) is 31.4. The summed E-state index contributed by atoms with van der Waals surface area (Å²) in [7, 11) is 0. The van der Waals surface area contributed by atoms with Gasteiger partial charge in [0.2, 0.25) is 0 Å². The summed E-state index contributed by atoms with van der Waals surface area (Å²) in [5.74, 6) is 0.701. The van der Waals surface area contributed by atoms with Crippen LogP contribution in [-0.2, 0) is 5.41 Å². The molecule has 0 amide bonds. The van der Waals surface area contributed by atoms with Crippen LogP contribution in [0.4, 0.5) is 0 Å². The van der Waals surface area contributed by atoms with Gasteiger partial charge in [0.25, 0.3) is 0 Å². The molecule has 1 aliphatic rings. The molecule has 2 aromatic heterocycles. The maximum absolute atomic E-state index is 6.36. The van der Waals surface area contributed by atoms with Crippen molar-refractivity contribution in [3.05, 3.63) is 217 Å². The van der Waals surface area contributed by atoms with Crippen molar-refractivity contribution in [2.75, 3.05) is 0 Å². The topological polar surface area (TPSA) is 38.9 Å². The molecule has 10 aromatic rings. The molecule has 0 saturated heterocycles. The fourth-order valence-corrected chi connectivity index (χ4v) is 8.96. The third-order valence-corrected chi connectivity index (χ3v) is 11.8. The molecule has 1 aliphatic carbocycles. The molecule has 0 saturated carbocycles. The van der Waals surface area contributed by atoms with E-state index in [1.54, 1.807) is 0 Å². The Hall–Kier alpha value is -7.36. The molecule has 0 aliphatic heterocycles. The highest BCUT2D eigenvalue weighted by Gasteiger charge is 2.41. The zero-order valence-corrected chi connectivity index (χ0v) is 31.4. The quantitative estimate of drug-likeness (QED) is 0.171. The first-order chi connectivity index (χ1) is 28.1. The van der Waals surface area contributed by atoms with Crippen molar-refractivity contribution in [1.82, 2.24) is 9.97 Å². The number of para-hydroxylation sites is 2. The molecule has 8 aromatic carbocycles. The average Bonchev–Trinajstić information content (AvgIpc) is 3.80. The second-order valence-electron chi connectivity index (χ2n) is 15.0. The van der Waals surface area contributed by atoms with Crippen LogP contribution in [0, 0.1) is 0 Å². The van der Waals surface area contributed by atoms with Crippen molar-refractivity contribution in [3.63, 3.8) is 0 Å². The Labute approximate surface area is 331 Å². The molecule has 3 nitrogen and oxygen atoms in total. The van der Waals surface area contributed by atoms with E-state index < -0.39 is 0 Å². The minimum Gasteiger partial charge on any atom is -0.455 e. The number of rotatable bonds is 6. The molecule has 268 valence electrons. The van der Waals surface area contributed by atoms with E-state index >= 15 is 0 Å². The second kappa shape index (κ2) is 13.1. The number of fused-ring (bicyclic) bond motifs is 6. The molecule has 11 rings (SSSR count). The van der Waals surface area contributed by atoms with Crippen LogP contribution in [-0.4, -0.2) is 9.97 Å². The fraction of sp³-hybridized carbons (Fsp3) is 0.0370. The standard InChI is InChI=1S/C54H36N2O/c1-54(40-19-6-3-7-20-40)46-26-10-8-22-44(46)51-45(25-14-27-47(51)54)49-34-48(55-53(56-49)37-15-4-2-5-16-37)39-18-12-17-38(33-39)35-29-31-36(32-30-35)41-23-13-24-43-42-21-9-11-28-50(42)57-52(41)43/h2-34H,1H3. The van der Waals surface area contributed by atoms with Gasteiger partial charge in [-0.2, -0.15) is 0 Å². The predicted molar refractivity (Wildman–Crippen MR) is 234 cm³/mol. The van der Waals surface area contributed by atoms with Crippen LogP contribution in [0.2, 0.25) is 0 Å². The Bertz CT molecular complexity index is 3130. The SMILES string of the molecule is CC1(c2ccccc2)c2ccccc2-c2c(-c3cc(-c4cccc(-c5ccc(-c6cccc7c6oc6ccccc67)cc5)c4)nc(-c4ccccc4)n3)cccc21. The van der Waals surface area contributed by atoms with Crippen LogP contribution >= 0.6 is 0 Å². The summed E-state index contributed by atoms with van der Waals surface area (Å²) in [5, 5.41) is 2.27. The van der Waals surface area contributed by atoms with Gasteiger partial charge in [-0.1, -0.05) is 182 Å². The summed E-state index contributed by atoms with van der Waals surface area (Å²) in [6.07, 6.45) is 0. The maximum atomic E-state index is 6.36. The van der Waals surface area contributed by atoms with Crippen molar-refractivity contribution >= 4 is 21.9 Å². The monoisotopic (exact) mass is 728 g/mol. The summed E-state index contributed by atoms with van der Waals surface area (Å²) >= 11 is 0. The fourth-order valence-electron chi connectivity index (χ4n) is 8.96. The van der Waals surface area contributed by atoms with Gasteiger partial charge in [-0.25, -0.2) is 9.97 Å². The third kappa shape index (κ3) is 5.35. The van der Waals surface area contributed by atoms with Crippen molar-refractivity contribution in [2.45, 2.75) is 12.3 Å². The van der Waals surface area contributed by atoms with E-state index in [0.717, 1.165) is 72.3 Å². The number of hydrogen-bond acceptors (Lipinski definition) is 3. The van der Waals surface area contributed by atoms with Gasteiger partial charge in [-0.15, -0.1) is 0 Å². The number of benzene rings is 8. The van der Waals surface area contributed by atoms with Crippen LogP contribution in [0.1, 0.15) is 23.6 Å². The average molecular weight is 729 g/mol. The van der Waals surface area contributed by atoms with Crippen LogP contribution < -0.4 is 0 Å². The second-order valence-corrected chi connectivity index (χ2v) is 15.0. The molecule has 0 radical (unpaired) electrons. The first kappa shape index (κ1) is 33.0. The molecule has 2 heterocycles. The molecule has 1 unspecified atom stereocenters. The van der Waals surface area contributed by atoms with Gasteiger partial charge in [-0.3, -0.25) is 0 Å². The summed E-state index contributed by atoms with van der Waals surface area (Å²) in [4.78, 5) is 10.5. The highest BCUT2D eigenvalue weighted by Crippen LogP contribution is 2.55. The summed E-state index contributed by atoms with van der Waals surface area (Å²) < 4.78 is 6.36. The van der Waals surface area contributed by atoms with Gasteiger partial charge >= 0.3 is 0 Å². The Morgan fingerprint density at radius 1 is 0.404 bits per heavy atom. The van der Waals surface area contributed by atoms with Gasteiger partial charge < -0.3 is 4.42 Å². The van der Waals surface area contributed by atoms with Crippen molar-refractivity contribution in [1.29, 1.82) is 0 Å². The Morgan fingerprint density at radius 3 is 1.86 bits per heavy atom. The molecule has 0 fully saturated rings. The van der Waals surface area contributed by atoms with Gasteiger partial charge in [-0.05, 0) is 69.6 Å². The Balaban J connectivity index is 1.02. The van der Waals surface area contributed by atoms with E-state index in [0.29, 0.717) is 5.82 Å². The van der Waals surface area contributed by atoms with Crippen molar-refractivity contribution < 1.29 is 4.42 Å². The van der Waals surface area contributed by atoms with E-state index in [4.69, 9.17) is 14.4 Å². The molecule has 0 bridgehead atoms. The lowest BCUT2D eigenvalue weighted by Gasteiger charge is -2.28. The number of nitrogens with zero attached hydrogens (tertiary/aromatic N) is 2. The maximum Gasteiger partial charge on any atom is 0.160 e. The molecule has 1 atom stereocenters. The summed E-state index contributed by atoms with van der Waals surface area (Å²) in [6, 6.07) is 71.0. The molecule has 0 spiro atoms. The van der Waals surface area contributed by atoms with Gasteiger partial charge in [0.15, 0.2) is 5.82 Å². The Kier molecular flexibility index (Phi) is 7.61. The van der Waals surface area contributed by atoms with Gasteiger partial charge in [0.05, 0.1) is 11.4 Å². The minimum atomic E-state index is -0.302. The minimum absolute atomic E-state index is 0.302. The number of furan rings is 1. The molecule has 57 heavy (non-hydrogen) atoms. The van der Waals surface area contributed by atoms with Crippen LogP contribution in [0.25, 0.3) is 89.2 Å². The normalized spacial score (nSPS) is 14.5. The first-order valence-corrected chi connectivity index (χ1v) is 19.5. The smallest absolute Gasteiger partial charge is 0.160 e.